The predicted molar refractivity (Wildman–Crippen MR) is 141 cm³/mol. The van der Waals surface area contributed by atoms with Crippen molar-refractivity contribution in [1.82, 2.24) is 4.98 Å². The molecule has 0 radical (unpaired) electrons. The predicted octanol–water partition coefficient (Wildman–Crippen LogP) is 6.39. The lowest BCUT2D eigenvalue weighted by Gasteiger charge is -2.23. The van der Waals surface area contributed by atoms with Gasteiger partial charge in [-0.3, -0.25) is 14.5 Å². The number of Topliss-reactive ketones (excluding diaryl/α,β-unsaturated/α-hetero) is 1. The van der Waals surface area contributed by atoms with E-state index in [2.05, 4.69) is 20.9 Å². The number of anilines is 1. The number of benzene rings is 3. The Morgan fingerprint density at radius 1 is 1.11 bits per heavy atom. The Hall–Kier alpha value is -3.49. The molecule has 8 heteroatoms. The van der Waals surface area contributed by atoms with Crippen LogP contribution in [0.4, 0.5) is 5.13 Å². The van der Waals surface area contributed by atoms with Gasteiger partial charge in [-0.2, -0.15) is 0 Å². The standard InChI is InChI=1S/C27H21BrN2O4S/c1-3-34-19-11-12-20-21(14-19)35-27(29-20)30-23(17-5-4-6-18(28)13-17)22(25(32)26(30)33)24(31)16-9-7-15(2)8-10-16/h4-14,23,31H,3H2,1-2H3/b24-22+. The molecule has 4 aromatic rings. The first-order valence-electron chi connectivity index (χ1n) is 11.0. The normalized spacial score (nSPS) is 17.3. The number of amides is 1. The molecule has 5 rings (SSSR count). The molecule has 0 saturated carbocycles. The Morgan fingerprint density at radius 3 is 2.60 bits per heavy atom. The van der Waals surface area contributed by atoms with Crippen LogP contribution in [0.15, 0.2) is 76.8 Å². The van der Waals surface area contributed by atoms with E-state index >= 15 is 0 Å². The first-order chi connectivity index (χ1) is 16.9. The van der Waals surface area contributed by atoms with Crippen molar-refractivity contribution in [2.24, 2.45) is 0 Å². The third kappa shape index (κ3) is 4.24. The van der Waals surface area contributed by atoms with Crippen molar-refractivity contribution >= 4 is 60.1 Å². The lowest BCUT2D eigenvalue weighted by molar-refractivity contribution is -0.132. The van der Waals surface area contributed by atoms with Crippen LogP contribution in [-0.4, -0.2) is 28.4 Å². The molecule has 1 unspecified atom stereocenters. The number of hydrogen-bond acceptors (Lipinski definition) is 6. The molecular weight excluding hydrogens is 528 g/mol. The highest BCUT2D eigenvalue weighted by atomic mass is 79.9. The Balaban J connectivity index is 1.70. The minimum absolute atomic E-state index is 0.0335. The molecule has 1 N–H and O–H groups in total. The quantitative estimate of drug-likeness (QED) is 0.177. The van der Waals surface area contributed by atoms with E-state index in [0.29, 0.717) is 34.1 Å². The molecule has 1 aliphatic heterocycles. The molecule has 1 fully saturated rings. The fourth-order valence-corrected chi connectivity index (χ4v) is 5.58. The molecule has 1 saturated heterocycles. The van der Waals surface area contributed by atoms with E-state index in [9.17, 15) is 14.7 Å². The van der Waals surface area contributed by atoms with Crippen molar-refractivity contribution in [1.29, 1.82) is 0 Å². The van der Waals surface area contributed by atoms with Crippen LogP contribution in [0.1, 0.15) is 29.7 Å². The minimum atomic E-state index is -0.833. The Kier molecular flexibility index (Phi) is 6.17. The second-order valence-corrected chi connectivity index (χ2v) is 10.1. The smallest absolute Gasteiger partial charge is 0.301 e. The number of fused-ring (bicyclic) bond motifs is 1. The second kappa shape index (κ2) is 9.28. The zero-order valence-electron chi connectivity index (χ0n) is 19.0. The van der Waals surface area contributed by atoms with Crippen LogP contribution in [0, 0.1) is 6.92 Å². The van der Waals surface area contributed by atoms with Crippen LogP contribution in [0.5, 0.6) is 5.75 Å². The maximum Gasteiger partial charge on any atom is 0.301 e. The minimum Gasteiger partial charge on any atom is -0.507 e. The Bertz CT molecular complexity index is 1490. The molecule has 1 amide bonds. The zero-order valence-corrected chi connectivity index (χ0v) is 21.4. The average molecular weight is 549 g/mol. The van der Waals surface area contributed by atoms with Crippen LogP contribution in [-0.2, 0) is 9.59 Å². The van der Waals surface area contributed by atoms with Crippen LogP contribution in [0.2, 0.25) is 0 Å². The molecule has 1 aliphatic rings. The lowest BCUT2D eigenvalue weighted by atomic mass is 9.95. The number of thiazole rings is 1. The highest BCUT2D eigenvalue weighted by Gasteiger charge is 2.48. The van der Waals surface area contributed by atoms with Crippen molar-refractivity contribution in [3.63, 3.8) is 0 Å². The maximum atomic E-state index is 13.4. The molecule has 1 atom stereocenters. The molecule has 1 aromatic heterocycles. The summed E-state index contributed by atoms with van der Waals surface area (Å²) in [6.45, 7) is 4.38. The number of aliphatic hydroxyl groups is 1. The van der Waals surface area contributed by atoms with Gasteiger partial charge in [-0.05, 0) is 49.7 Å². The zero-order chi connectivity index (χ0) is 24.7. The fraction of sp³-hybridized carbons (Fsp3) is 0.148. The SMILES string of the molecule is CCOc1ccc2nc(N3C(=O)C(=O)/C(=C(/O)c4ccc(C)cc4)C3c3cccc(Br)c3)sc2c1. The fourth-order valence-electron chi connectivity index (χ4n) is 4.14. The first-order valence-corrected chi connectivity index (χ1v) is 12.6. The van der Waals surface area contributed by atoms with Gasteiger partial charge in [0, 0.05) is 10.0 Å². The van der Waals surface area contributed by atoms with Crippen molar-refractivity contribution in [2.45, 2.75) is 19.9 Å². The number of hydrogen-bond donors (Lipinski definition) is 1. The summed E-state index contributed by atoms with van der Waals surface area (Å²) in [6, 6.07) is 19.2. The number of ether oxygens (including phenoxy) is 1. The van der Waals surface area contributed by atoms with Gasteiger partial charge in [0.2, 0.25) is 0 Å². The van der Waals surface area contributed by atoms with E-state index in [1.165, 1.54) is 16.2 Å². The van der Waals surface area contributed by atoms with E-state index in [-0.39, 0.29) is 11.3 Å². The number of aliphatic hydroxyl groups excluding tert-OH is 1. The highest BCUT2D eigenvalue weighted by Crippen LogP contribution is 2.45. The van der Waals surface area contributed by atoms with Gasteiger partial charge in [-0.25, -0.2) is 4.98 Å². The second-order valence-electron chi connectivity index (χ2n) is 8.15. The van der Waals surface area contributed by atoms with Crippen molar-refractivity contribution in [2.75, 3.05) is 11.5 Å². The highest BCUT2D eigenvalue weighted by molar-refractivity contribution is 9.10. The maximum absolute atomic E-state index is 13.4. The lowest BCUT2D eigenvalue weighted by Crippen LogP contribution is -2.29. The van der Waals surface area contributed by atoms with Crippen molar-refractivity contribution in [3.8, 4) is 5.75 Å². The van der Waals surface area contributed by atoms with Crippen molar-refractivity contribution < 1.29 is 19.4 Å². The number of aromatic nitrogens is 1. The van der Waals surface area contributed by atoms with E-state index in [0.717, 1.165) is 14.7 Å². The number of rotatable bonds is 5. The topological polar surface area (TPSA) is 79.7 Å². The van der Waals surface area contributed by atoms with Crippen LogP contribution in [0.3, 0.4) is 0 Å². The molecular formula is C27H21BrN2O4S. The van der Waals surface area contributed by atoms with Crippen LogP contribution >= 0.6 is 27.3 Å². The van der Waals surface area contributed by atoms with Gasteiger partial charge in [0.25, 0.3) is 5.78 Å². The molecule has 0 spiro atoms. The third-order valence-corrected chi connectivity index (χ3v) is 7.31. The number of carbonyl (C=O) groups is 2. The summed E-state index contributed by atoms with van der Waals surface area (Å²) in [6.07, 6.45) is 0. The van der Waals surface area contributed by atoms with Gasteiger partial charge in [0.15, 0.2) is 5.13 Å². The summed E-state index contributed by atoms with van der Waals surface area (Å²) in [5.74, 6) is -0.981. The molecule has 35 heavy (non-hydrogen) atoms. The summed E-state index contributed by atoms with van der Waals surface area (Å²) in [5, 5.41) is 11.6. The van der Waals surface area contributed by atoms with Gasteiger partial charge < -0.3 is 9.84 Å². The molecule has 0 bridgehead atoms. The number of halogens is 1. The molecule has 3 aromatic carbocycles. The Labute approximate surface area is 214 Å². The third-order valence-electron chi connectivity index (χ3n) is 5.80. The Morgan fingerprint density at radius 2 is 1.89 bits per heavy atom. The number of carbonyl (C=O) groups excluding carboxylic acids is 2. The van der Waals surface area contributed by atoms with Gasteiger partial charge in [0.1, 0.15) is 11.5 Å². The summed E-state index contributed by atoms with van der Waals surface area (Å²) < 4.78 is 7.22. The molecule has 2 heterocycles. The van der Waals surface area contributed by atoms with Gasteiger partial charge in [0.05, 0.1) is 28.4 Å². The molecule has 176 valence electrons. The summed E-state index contributed by atoms with van der Waals surface area (Å²) >= 11 is 4.78. The van der Waals surface area contributed by atoms with Crippen LogP contribution in [0.25, 0.3) is 16.0 Å². The van der Waals surface area contributed by atoms with Crippen molar-refractivity contribution in [3.05, 3.63) is 93.5 Å². The van der Waals surface area contributed by atoms with Gasteiger partial charge >= 0.3 is 5.91 Å². The number of aryl methyl sites for hydroxylation is 1. The summed E-state index contributed by atoms with van der Waals surface area (Å²) in [7, 11) is 0. The number of nitrogens with zero attached hydrogens (tertiary/aromatic N) is 2. The van der Waals surface area contributed by atoms with Crippen LogP contribution < -0.4 is 9.64 Å². The van der Waals surface area contributed by atoms with Gasteiger partial charge in [-0.15, -0.1) is 0 Å². The molecule has 0 aliphatic carbocycles. The number of ketones is 1. The summed E-state index contributed by atoms with van der Waals surface area (Å²) in [5.41, 5.74) is 2.90. The largest absolute Gasteiger partial charge is 0.507 e. The average Bonchev–Trinajstić information content (AvgIpc) is 3.37. The first kappa shape index (κ1) is 23.3. The summed E-state index contributed by atoms with van der Waals surface area (Å²) in [4.78, 5) is 32.8. The van der Waals surface area contributed by atoms with E-state index in [4.69, 9.17) is 4.74 Å². The van der Waals surface area contributed by atoms with Gasteiger partial charge in [-0.1, -0.05) is 69.2 Å². The monoisotopic (exact) mass is 548 g/mol. The van der Waals surface area contributed by atoms with E-state index in [1.54, 1.807) is 12.1 Å². The van der Waals surface area contributed by atoms with E-state index in [1.807, 2.05) is 68.4 Å². The molecule has 6 nitrogen and oxygen atoms in total. The van der Waals surface area contributed by atoms with E-state index < -0.39 is 17.7 Å².